The van der Waals surface area contributed by atoms with E-state index in [0.717, 1.165) is 30.9 Å². The number of carbonyl (C=O) groups is 1. The van der Waals surface area contributed by atoms with Crippen LogP contribution in [0.1, 0.15) is 25.8 Å². The third kappa shape index (κ3) is 10.7. The minimum atomic E-state index is -0.0296. The van der Waals surface area contributed by atoms with Gasteiger partial charge in [-0.3, -0.25) is 4.79 Å². The summed E-state index contributed by atoms with van der Waals surface area (Å²) in [5, 5.41) is 3.33. The molecular formula is C20H35IN4O3. The summed E-state index contributed by atoms with van der Waals surface area (Å²) in [5.74, 6) is 1.54. The third-order valence-electron chi connectivity index (χ3n) is 3.83. The van der Waals surface area contributed by atoms with Crippen LogP contribution in [0.2, 0.25) is 0 Å². The molecule has 8 heteroatoms. The second-order valence-electron chi connectivity index (χ2n) is 6.34. The molecule has 0 saturated carbocycles. The molecule has 0 heterocycles. The van der Waals surface area contributed by atoms with E-state index in [1.54, 1.807) is 19.0 Å². The number of hydrogen-bond donors (Lipinski definition) is 1. The summed E-state index contributed by atoms with van der Waals surface area (Å²) in [5.41, 5.74) is 1.14. The molecule has 0 saturated heterocycles. The fourth-order valence-corrected chi connectivity index (χ4v) is 2.32. The van der Waals surface area contributed by atoms with E-state index >= 15 is 0 Å². The molecule has 0 atom stereocenters. The van der Waals surface area contributed by atoms with E-state index in [1.807, 2.05) is 50.1 Å². The number of aliphatic imine (C=N–C) groups is 1. The zero-order chi connectivity index (χ0) is 20.1. The van der Waals surface area contributed by atoms with Gasteiger partial charge >= 0.3 is 0 Å². The highest BCUT2D eigenvalue weighted by molar-refractivity contribution is 14.0. The number of nitrogens with one attached hydrogen (secondary N) is 1. The third-order valence-corrected chi connectivity index (χ3v) is 3.83. The minimum absolute atomic E-state index is 0. The van der Waals surface area contributed by atoms with E-state index < -0.39 is 0 Å². The summed E-state index contributed by atoms with van der Waals surface area (Å²) in [4.78, 5) is 19.9. The largest absolute Gasteiger partial charge is 0.494 e. The number of nitrogens with zero attached hydrogens (tertiary/aromatic N) is 3. The van der Waals surface area contributed by atoms with Crippen LogP contribution in [0.15, 0.2) is 29.3 Å². The second kappa shape index (κ2) is 15.4. The van der Waals surface area contributed by atoms with Crippen LogP contribution < -0.4 is 10.1 Å². The highest BCUT2D eigenvalue weighted by Gasteiger charge is 2.10. The van der Waals surface area contributed by atoms with Crippen LogP contribution in [0.3, 0.4) is 0 Å². The fourth-order valence-electron chi connectivity index (χ4n) is 2.32. The van der Waals surface area contributed by atoms with Gasteiger partial charge in [-0.25, -0.2) is 4.99 Å². The zero-order valence-electron chi connectivity index (χ0n) is 17.7. The molecule has 1 amide bonds. The van der Waals surface area contributed by atoms with E-state index in [1.165, 1.54) is 0 Å². The number of amides is 1. The Kier molecular flexibility index (Phi) is 14.5. The Labute approximate surface area is 186 Å². The highest BCUT2D eigenvalue weighted by atomic mass is 127. The molecule has 1 aromatic rings. The molecule has 0 aliphatic carbocycles. The molecule has 1 rings (SSSR count). The molecule has 0 bridgehead atoms. The summed E-state index contributed by atoms with van der Waals surface area (Å²) in [6.45, 7) is 7.57. The van der Waals surface area contributed by atoms with E-state index in [9.17, 15) is 4.79 Å². The van der Waals surface area contributed by atoms with Crippen molar-refractivity contribution in [3.05, 3.63) is 29.8 Å². The predicted octanol–water partition coefficient (Wildman–Crippen LogP) is 2.60. The lowest BCUT2D eigenvalue weighted by atomic mass is 10.2. The predicted molar refractivity (Wildman–Crippen MR) is 125 cm³/mol. The maximum Gasteiger partial charge on any atom is 0.243 e. The van der Waals surface area contributed by atoms with Crippen molar-refractivity contribution in [2.45, 2.75) is 26.8 Å². The molecule has 0 unspecified atom stereocenters. The number of halogens is 1. The first-order valence-corrected chi connectivity index (χ1v) is 9.47. The van der Waals surface area contributed by atoms with Crippen LogP contribution in [0.4, 0.5) is 0 Å². The Morgan fingerprint density at radius 3 is 2.36 bits per heavy atom. The van der Waals surface area contributed by atoms with Crippen LogP contribution in [0, 0.1) is 0 Å². The first kappa shape index (κ1) is 26.4. The summed E-state index contributed by atoms with van der Waals surface area (Å²) < 4.78 is 10.8. The van der Waals surface area contributed by atoms with Crippen LogP contribution in [-0.4, -0.2) is 75.7 Å². The minimum Gasteiger partial charge on any atom is -0.494 e. The Morgan fingerprint density at radius 2 is 1.79 bits per heavy atom. The lowest BCUT2D eigenvalue weighted by Gasteiger charge is -2.23. The molecule has 0 fully saturated rings. The van der Waals surface area contributed by atoms with Gasteiger partial charge in [0, 0.05) is 47.4 Å². The van der Waals surface area contributed by atoms with Gasteiger partial charge < -0.3 is 24.6 Å². The smallest absolute Gasteiger partial charge is 0.243 e. The molecule has 1 N–H and O–H groups in total. The van der Waals surface area contributed by atoms with Gasteiger partial charge in [-0.15, -0.1) is 24.0 Å². The molecule has 0 aromatic heterocycles. The average molecular weight is 506 g/mol. The lowest BCUT2D eigenvalue weighted by Crippen LogP contribution is -2.40. The van der Waals surface area contributed by atoms with Crippen LogP contribution >= 0.6 is 24.0 Å². The number of rotatable bonds is 11. The zero-order valence-corrected chi connectivity index (χ0v) is 20.1. The summed E-state index contributed by atoms with van der Waals surface area (Å²) in [6, 6.07) is 8.02. The SMILES string of the molecule is CCOCCCNC(=NCC(=O)N(C)C)N(C)Cc1ccc(OCC)cc1.I. The van der Waals surface area contributed by atoms with E-state index in [-0.39, 0.29) is 36.4 Å². The normalized spacial score (nSPS) is 10.8. The Bertz CT molecular complexity index is 579. The van der Waals surface area contributed by atoms with Crippen molar-refractivity contribution in [2.24, 2.45) is 4.99 Å². The monoisotopic (exact) mass is 506 g/mol. The molecule has 160 valence electrons. The van der Waals surface area contributed by atoms with E-state index in [2.05, 4.69) is 10.3 Å². The van der Waals surface area contributed by atoms with E-state index in [0.29, 0.717) is 25.7 Å². The Morgan fingerprint density at radius 1 is 1.11 bits per heavy atom. The maximum atomic E-state index is 11.9. The topological polar surface area (TPSA) is 66.4 Å². The maximum absolute atomic E-state index is 11.9. The molecule has 28 heavy (non-hydrogen) atoms. The van der Waals surface area contributed by atoms with Crippen molar-refractivity contribution in [1.82, 2.24) is 15.1 Å². The molecule has 0 spiro atoms. The van der Waals surface area contributed by atoms with Gasteiger partial charge in [0.1, 0.15) is 12.3 Å². The standard InChI is InChI=1S/C20H34N4O3.HI/c1-6-26-14-8-13-21-20(22-15-19(25)23(3)4)24(5)16-17-9-11-18(12-10-17)27-7-2;/h9-12H,6-8,13-16H2,1-5H3,(H,21,22);1H. The molecule has 0 aliphatic heterocycles. The van der Waals surface area contributed by atoms with E-state index in [4.69, 9.17) is 9.47 Å². The highest BCUT2D eigenvalue weighted by Crippen LogP contribution is 2.13. The molecular weight excluding hydrogens is 471 g/mol. The quantitative estimate of drug-likeness (QED) is 0.216. The number of guanidine groups is 1. The van der Waals surface area contributed by atoms with Crippen molar-refractivity contribution >= 4 is 35.8 Å². The Balaban J connectivity index is 0.00000729. The molecule has 0 aliphatic rings. The van der Waals surface area contributed by atoms with Gasteiger partial charge in [-0.2, -0.15) is 0 Å². The van der Waals surface area contributed by atoms with Crippen molar-refractivity contribution in [1.29, 1.82) is 0 Å². The fraction of sp³-hybridized carbons (Fsp3) is 0.600. The van der Waals surface area contributed by atoms with Crippen molar-refractivity contribution < 1.29 is 14.3 Å². The van der Waals surface area contributed by atoms with Gasteiger partial charge in [0.15, 0.2) is 5.96 Å². The molecule has 0 radical (unpaired) electrons. The van der Waals surface area contributed by atoms with Crippen LogP contribution in [0.25, 0.3) is 0 Å². The van der Waals surface area contributed by atoms with Crippen LogP contribution in [0.5, 0.6) is 5.75 Å². The summed E-state index contributed by atoms with van der Waals surface area (Å²) in [6.07, 6.45) is 0.880. The van der Waals surface area contributed by atoms with Gasteiger partial charge in [-0.05, 0) is 38.0 Å². The van der Waals surface area contributed by atoms with Gasteiger partial charge in [0.2, 0.25) is 5.91 Å². The average Bonchev–Trinajstić information content (AvgIpc) is 2.65. The number of carbonyl (C=O) groups excluding carboxylic acids is 1. The number of ether oxygens (including phenoxy) is 2. The summed E-state index contributed by atoms with van der Waals surface area (Å²) >= 11 is 0. The van der Waals surface area contributed by atoms with Crippen molar-refractivity contribution in [3.63, 3.8) is 0 Å². The van der Waals surface area contributed by atoms with Crippen LogP contribution in [-0.2, 0) is 16.1 Å². The van der Waals surface area contributed by atoms with Crippen molar-refractivity contribution in [2.75, 3.05) is 54.1 Å². The number of benzene rings is 1. The Hall–Kier alpha value is -1.55. The molecule has 1 aromatic carbocycles. The van der Waals surface area contributed by atoms with Gasteiger partial charge in [-0.1, -0.05) is 12.1 Å². The summed E-state index contributed by atoms with van der Waals surface area (Å²) in [7, 11) is 5.43. The first-order chi connectivity index (χ1) is 13.0. The van der Waals surface area contributed by atoms with Crippen molar-refractivity contribution in [3.8, 4) is 5.75 Å². The van der Waals surface area contributed by atoms with Gasteiger partial charge in [0.25, 0.3) is 0 Å². The second-order valence-corrected chi connectivity index (χ2v) is 6.34. The number of hydrogen-bond acceptors (Lipinski definition) is 4. The first-order valence-electron chi connectivity index (χ1n) is 9.47. The van der Waals surface area contributed by atoms with Gasteiger partial charge in [0.05, 0.1) is 6.61 Å². The lowest BCUT2D eigenvalue weighted by molar-refractivity contribution is -0.127. The molecule has 7 nitrogen and oxygen atoms in total. The number of likely N-dealkylation sites (N-methyl/N-ethyl adjacent to an activating group) is 1.